The number of carbonyl (C=O) groups excluding carboxylic acids is 1. The molecule has 0 bridgehead atoms. The second-order valence-corrected chi connectivity index (χ2v) is 8.31. The van der Waals surface area contributed by atoms with Gasteiger partial charge in [-0.1, -0.05) is 23.7 Å². The summed E-state index contributed by atoms with van der Waals surface area (Å²) in [5.41, 5.74) is 1.41. The van der Waals surface area contributed by atoms with Crippen molar-refractivity contribution in [2.75, 3.05) is 11.6 Å². The predicted octanol–water partition coefficient (Wildman–Crippen LogP) is 3.27. The van der Waals surface area contributed by atoms with Crippen molar-refractivity contribution in [1.29, 1.82) is 0 Å². The van der Waals surface area contributed by atoms with Gasteiger partial charge in [0.1, 0.15) is 6.33 Å². The number of rotatable bonds is 5. The maximum absolute atomic E-state index is 12.6. The van der Waals surface area contributed by atoms with Gasteiger partial charge in [0.15, 0.2) is 15.7 Å². The Morgan fingerprint density at radius 3 is 2.70 bits per heavy atom. The van der Waals surface area contributed by atoms with Gasteiger partial charge in [0.05, 0.1) is 15.5 Å². The van der Waals surface area contributed by atoms with Crippen LogP contribution in [0.25, 0.3) is 11.4 Å². The molecule has 0 fully saturated rings. The largest absolute Gasteiger partial charge is 0.322 e. The minimum atomic E-state index is -3.45. The van der Waals surface area contributed by atoms with Crippen molar-refractivity contribution < 1.29 is 13.2 Å². The molecule has 0 spiro atoms. The molecule has 0 saturated heterocycles. The van der Waals surface area contributed by atoms with Gasteiger partial charge >= 0.3 is 0 Å². The van der Waals surface area contributed by atoms with E-state index in [1.807, 2.05) is 17.6 Å². The summed E-state index contributed by atoms with van der Waals surface area (Å²) in [4.78, 5) is 12.6. The molecular formula is C18H17ClN4O3S. The van der Waals surface area contributed by atoms with E-state index in [1.54, 1.807) is 24.5 Å². The first-order valence-corrected chi connectivity index (χ1v) is 10.4. The summed E-state index contributed by atoms with van der Waals surface area (Å²) in [5.74, 6) is 0.185. The Morgan fingerprint density at radius 2 is 2.00 bits per heavy atom. The maximum atomic E-state index is 12.6. The number of nitrogens with one attached hydrogen (secondary N) is 1. The van der Waals surface area contributed by atoms with Crippen LogP contribution in [0.2, 0.25) is 5.02 Å². The number of sulfone groups is 1. The van der Waals surface area contributed by atoms with E-state index in [0.29, 0.717) is 18.1 Å². The molecule has 1 N–H and O–H groups in total. The molecule has 3 rings (SSSR count). The van der Waals surface area contributed by atoms with E-state index < -0.39 is 15.7 Å². The summed E-state index contributed by atoms with van der Waals surface area (Å²) < 4.78 is 25.3. The molecule has 0 radical (unpaired) electrons. The number of carbonyl (C=O) groups is 1. The van der Waals surface area contributed by atoms with Gasteiger partial charge in [-0.3, -0.25) is 4.79 Å². The molecular weight excluding hydrogens is 388 g/mol. The smallest absolute Gasteiger partial charge is 0.257 e. The number of aryl methyl sites for hydroxylation is 1. The number of nitrogens with zero attached hydrogens (tertiary/aromatic N) is 3. The molecule has 0 aliphatic rings. The molecule has 0 saturated carbocycles. The van der Waals surface area contributed by atoms with Crippen molar-refractivity contribution in [3.63, 3.8) is 0 Å². The van der Waals surface area contributed by atoms with E-state index in [0.717, 1.165) is 11.8 Å². The molecule has 1 heterocycles. The van der Waals surface area contributed by atoms with E-state index in [-0.39, 0.29) is 15.5 Å². The van der Waals surface area contributed by atoms with Gasteiger partial charge in [-0.2, -0.15) is 0 Å². The Labute approximate surface area is 161 Å². The summed E-state index contributed by atoms with van der Waals surface area (Å²) >= 11 is 6.08. The van der Waals surface area contributed by atoms with Crippen LogP contribution in [0.1, 0.15) is 17.3 Å². The standard InChI is InChI=1S/C18H17ClN4O3S/c1-3-23-11-20-22-17(23)12-5-4-6-13(9-12)21-18(24)15-10-14(27(2,25)26)7-8-16(15)19/h4-11H,3H2,1-2H3,(H,21,24). The quantitative estimate of drug-likeness (QED) is 0.704. The summed E-state index contributed by atoms with van der Waals surface area (Å²) in [7, 11) is -3.45. The summed E-state index contributed by atoms with van der Waals surface area (Å²) in [5, 5.41) is 10.9. The first-order valence-electron chi connectivity index (χ1n) is 8.09. The number of hydrogen-bond donors (Lipinski definition) is 1. The van der Waals surface area contributed by atoms with Gasteiger partial charge in [0.2, 0.25) is 0 Å². The highest BCUT2D eigenvalue weighted by molar-refractivity contribution is 7.90. The molecule has 27 heavy (non-hydrogen) atoms. The fraction of sp³-hybridized carbons (Fsp3) is 0.167. The molecule has 7 nitrogen and oxygen atoms in total. The minimum absolute atomic E-state index is 0.0295. The summed E-state index contributed by atoms with van der Waals surface area (Å²) in [6, 6.07) is 11.2. The molecule has 1 amide bonds. The average Bonchev–Trinajstić information content (AvgIpc) is 3.10. The topological polar surface area (TPSA) is 93.9 Å². The average molecular weight is 405 g/mol. The monoisotopic (exact) mass is 404 g/mol. The van der Waals surface area contributed by atoms with Crippen molar-refractivity contribution in [2.45, 2.75) is 18.4 Å². The highest BCUT2D eigenvalue weighted by atomic mass is 35.5. The molecule has 0 unspecified atom stereocenters. The third kappa shape index (κ3) is 4.17. The zero-order chi connectivity index (χ0) is 19.6. The molecule has 0 aliphatic carbocycles. The Balaban J connectivity index is 1.90. The second kappa shape index (κ2) is 7.50. The predicted molar refractivity (Wildman–Crippen MR) is 104 cm³/mol. The lowest BCUT2D eigenvalue weighted by Crippen LogP contribution is -2.13. The van der Waals surface area contributed by atoms with Gasteiger partial charge in [0.25, 0.3) is 5.91 Å². The lowest BCUT2D eigenvalue weighted by molar-refractivity contribution is 0.102. The number of hydrogen-bond acceptors (Lipinski definition) is 5. The summed E-state index contributed by atoms with van der Waals surface area (Å²) in [6.45, 7) is 2.70. The Kier molecular flexibility index (Phi) is 5.29. The molecule has 2 aromatic carbocycles. The van der Waals surface area contributed by atoms with Crippen LogP contribution in [0.4, 0.5) is 5.69 Å². The van der Waals surface area contributed by atoms with Crippen LogP contribution in [0, 0.1) is 0 Å². The highest BCUT2D eigenvalue weighted by Crippen LogP contribution is 2.24. The number of benzene rings is 2. The van der Waals surface area contributed by atoms with Crippen LogP contribution >= 0.6 is 11.6 Å². The Hall–Kier alpha value is -2.71. The Morgan fingerprint density at radius 1 is 1.22 bits per heavy atom. The van der Waals surface area contributed by atoms with Gasteiger partial charge in [-0.25, -0.2) is 8.42 Å². The van der Waals surface area contributed by atoms with E-state index >= 15 is 0 Å². The van der Waals surface area contributed by atoms with E-state index in [2.05, 4.69) is 15.5 Å². The fourth-order valence-corrected chi connectivity index (χ4v) is 3.40. The Bertz CT molecular complexity index is 1110. The minimum Gasteiger partial charge on any atom is -0.322 e. The van der Waals surface area contributed by atoms with E-state index in [9.17, 15) is 13.2 Å². The SMILES string of the molecule is CCn1cnnc1-c1cccc(NC(=O)c2cc(S(C)(=O)=O)ccc2Cl)c1. The third-order valence-corrected chi connectivity index (χ3v) is 5.39. The zero-order valence-electron chi connectivity index (χ0n) is 14.7. The summed E-state index contributed by atoms with van der Waals surface area (Å²) in [6.07, 6.45) is 2.71. The lowest BCUT2D eigenvalue weighted by atomic mass is 10.1. The second-order valence-electron chi connectivity index (χ2n) is 5.89. The van der Waals surface area contributed by atoms with Crippen LogP contribution in [0.15, 0.2) is 53.7 Å². The lowest BCUT2D eigenvalue weighted by Gasteiger charge is -2.10. The van der Waals surface area contributed by atoms with Gasteiger partial charge in [-0.05, 0) is 37.3 Å². The molecule has 3 aromatic rings. The van der Waals surface area contributed by atoms with Crippen LogP contribution in [0.3, 0.4) is 0 Å². The first-order chi connectivity index (χ1) is 12.8. The van der Waals surface area contributed by atoms with Gasteiger partial charge in [0, 0.05) is 24.1 Å². The molecule has 1 aromatic heterocycles. The molecule has 9 heteroatoms. The van der Waals surface area contributed by atoms with Crippen LogP contribution in [-0.2, 0) is 16.4 Å². The van der Waals surface area contributed by atoms with Crippen molar-refractivity contribution in [3.05, 3.63) is 59.4 Å². The van der Waals surface area contributed by atoms with Crippen molar-refractivity contribution in [1.82, 2.24) is 14.8 Å². The van der Waals surface area contributed by atoms with Crippen molar-refractivity contribution in [3.8, 4) is 11.4 Å². The number of halogens is 1. The van der Waals surface area contributed by atoms with Crippen molar-refractivity contribution >= 4 is 33.0 Å². The maximum Gasteiger partial charge on any atom is 0.257 e. The van der Waals surface area contributed by atoms with Gasteiger partial charge in [-0.15, -0.1) is 10.2 Å². The fourth-order valence-electron chi connectivity index (χ4n) is 2.55. The number of amides is 1. The number of aromatic nitrogens is 3. The molecule has 140 valence electrons. The van der Waals surface area contributed by atoms with Crippen LogP contribution < -0.4 is 5.32 Å². The molecule has 0 aliphatic heterocycles. The van der Waals surface area contributed by atoms with Crippen LogP contribution in [-0.4, -0.2) is 35.3 Å². The normalized spacial score (nSPS) is 11.4. The van der Waals surface area contributed by atoms with E-state index in [4.69, 9.17) is 11.6 Å². The number of anilines is 1. The van der Waals surface area contributed by atoms with E-state index in [1.165, 1.54) is 18.2 Å². The highest BCUT2D eigenvalue weighted by Gasteiger charge is 2.16. The van der Waals surface area contributed by atoms with Crippen molar-refractivity contribution in [2.24, 2.45) is 0 Å². The first kappa shape index (κ1) is 19.1. The molecule has 0 atom stereocenters. The zero-order valence-corrected chi connectivity index (χ0v) is 16.3. The van der Waals surface area contributed by atoms with Crippen LogP contribution in [0.5, 0.6) is 0 Å². The third-order valence-electron chi connectivity index (χ3n) is 3.95. The van der Waals surface area contributed by atoms with Gasteiger partial charge < -0.3 is 9.88 Å².